The second-order valence-electron chi connectivity index (χ2n) is 7.15. The molecule has 0 unspecified atom stereocenters. The molecule has 138 valence electrons. The van der Waals surface area contributed by atoms with Crippen LogP contribution in [0.25, 0.3) is 11.1 Å². The topological polar surface area (TPSA) is 94.0 Å². The molecule has 7 heteroatoms. The highest BCUT2D eigenvalue weighted by Gasteiger charge is 2.42. The predicted octanol–water partition coefficient (Wildman–Crippen LogP) is 4.20. The molecule has 0 bridgehead atoms. The molecular formula is C20H19ClN4O2. The summed E-state index contributed by atoms with van der Waals surface area (Å²) in [5.41, 5.74) is 9.22. The molecule has 1 aromatic carbocycles. The van der Waals surface area contributed by atoms with Crippen molar-refractivity contribution in [2.24, 2.45) is 0 Å². The van der Waals surface area contributed by atoms with Crippen LogP contribution in [0, 0.1) is 0 Å². The molecule has 27 heavy (non-hydrogen) atoms. The third-order valence-corrected chi connectivity index (χ3v) is 5.21. The normalized spacial score (nSPS) is 14.7. The van der Waals surface area contributed by atoms with Gasteiger partial charge in [0.05, 0.1) is 17.1 Å². The van der Waals surface area contributed by atoms with Gasteiger partial charge in [0.2, 0.25) is 11.8 Å². The van der Waals surface area contributed by atoms with Crippen molar-refractivity contribution >= 4 is 29.2 Å². The van der Waals surface area contributed by atoms with Crippen molar-refractivity contribution < 1.29 is 9.32 Å². The summed E-state index contributed by atoms with van der Waals surface area (Å²) in [6.07, 6.45) is 4.09. The number of aromatic nitrogens is 2. The first-order valence-electron chi connectivity index (χ1n) is 8.70. The molecule has 2 heterocycles. The van der Waals surface area contributed by atoms with Crippen LogP contribution in [0.15, 0.2) is 47.1 Å². The van der Waals surface area contributed by atoms with E-state index in [2.05, 4.69) is 22.4 Å². The van der Waals surface area contributed by atoms with E-state index in [0.717, 1.165) is 35.2 Å². The average Bonchev–Trinajstić information content (AvgIpc) is 3.20. The Morgan fingerprint density at radius 1 is 1.30 bits per heavy atom. The number of anilines is 2. The Hall–Kier alpha value is -2.86. The number of carbonyl (C=O) groups excluding carboxylic acids is 1. The van der Waals surface area contributed by atoms with Gasteiger partial charge in [-0.25, -0.2) is 4.98 Å². The van der Waals surface area contributed by atoms with Gasteiger partial charge in [-0.3, -0.25) is 10.1 Å². The van der Waals surface area contributed by atoms with E-state index >= 15 is 0 Å². The molecule has 1 saturated carbocycles. The summed E-state index contributed by atoms with van der Waals surface area (Å²) in [5.74, 6) is 0.612. The number of nitrogens with one attached hydrogen (secondary N) is 1. The van der Waals surface area contributed by atoms with Gasteiger partial charge in [-0.1, -0.05) is 47.9 Å². The molecule has 0 aliphatic heterocycles. The zero-order chi connectivity index (χ0) is 19.0. The lowest BCUT2D eigenvalue weighted by atomic mass is 10.0. The van der Waals surface area contributed by atoms with E-state index in [1.54, 1.807) is 12.3 Å². The van der Waals surface area contributed by atoms with Crippen LogP contribution in [-0.4, -0.2) is 16.0 Å². The van der Waals surface area contributed by atoms with Gasteiger partial charge in [-0.05, 0) is 30.0 Å². The van der Waals surface area contributed by atoms with E-state index in [0.29, 0.717) is 16.7 Å². The highest BCUT2D eigenvalue weighted by atomic mass is 35.5. The van der Waals surface area contributed by atoms with Crippen LogP contribution in [0.3, 0.4) is 0 Å². The van der Waals surface area contributed by atoms with Gasteiger partial charge < -0.3 is 10.3 Å². The fourth-order valence-electron chi connectivity index (χ4n) is 2.89. The van der Waals surface area contributed by atoms with E-state index in [1.165, 1.54) is 0 Å². The maximum absolute atomic E-state index is 12.3. The third-order valence-electron chi connectivity index (χ3n) is 4.90. The number of nitrogens with two attached hydrogens (primary N) is 1. The van der Waals surface area contributed by atoms with Crippen LogP contribution < -0.4 is 11.1 Å². The van der Waals surface area contributed by atoms with Crippen LogP contribution in [0.4, 0.5) is 11.7 Å². The van der Waals surface area contributed by atoms with Gasteiger partial charge in [0, 0.05) is 23.2 Å². The fraction of sp³-hybridized carbons (Fsp3) is 0.250. The Kier molecular flexibility index (Phi) is 4.36. The second kappa shape index (κ2) is 6.70. The number of nitrogens with zero attached hydrogens (tertiary/aromatic N) is 2. The molecule has 3 aromatic rings. The van der Waals surface area contributed by atoms with Crippen LogP contribution in [-0.2, 0) is 16.6 Å². The number of carbonyl (C=O) groups is 1. The predicted molar refractivity (Wildman–Crippen MR) is 105 cm³/mol. The monoisotopic (exact) mass is 382 g/mol. The van der Waals surface area contributed by atoms with Crippen LogP contribution >= 0.6 is 11.6 Å². The maximum Gasteiger partial charge on any atom is 0.231 e. The number of hydrogen-bond donors (Lipinski definition) is 2. The molecular weight excluding hydrogens is 364 g/mol. The van der Waals surface area contributed by atoms with E-state index in [1.807, 2.05) is 30.3 Å². The summed E-state index contributed by atoms with van der Waals surface area (Å²) in [7, 11) is 0. The fourth-order valence-corrected chi connectivity index (χ4v) is 3.16. The minimum absolute atomic E-state index is 0.112. The summed E-state index contributed by atoms with van der Waals surface area (Å²) in [5, 5.41) is 7.35. The van der Waals surface area contributed by atoms with Gasteiger partial charge in [-0.15, -0.1) is 0 Å². The minimum Gasteiger partial charge on any atom is -0.384 e. The van der Waals surface area contributed by atoms with Gasteiger partial charge >= 0.3 is 0 Å². The average molecular weight is 383 g/mol. The molecule has 0 atom stereocenters. The highest BCUT2D eigenvalue weighted by molar-refractivity contribution is 6.33. The zero-order valence-corrected chi connectivity index (χ0v) is 15.6. The van der Waals surface area contributed by atoms with Crippen molar-refractivity contribution in [1.29, 1.82) is 0 Å². The first kappa shape index (κ1) is 17.5. The van der Waals surface area contributed by atoms with Crippen molar-refractivity contribution in [1.82, 2.24) is 10.1 Å². The van der Waals surface area contributed by atoms with E-state index in [-0.39, 0.29) is 17.7 Å². The van der Waals surface area contributed by atoms with Crippen molar-refractivity contribution in [2.75, 3.05) is 11.1 Å². The first-order valence-corrected chi connectivity index (χ1v) is 9.08. The Morgan fingerprint density at radius 2 is 2.04 bits per heavy atom. The lowest BCUT2D eigenvalue weighted by Gasteiger charge is -2.07. The molecule has 1 aliphatic rings. The first-order chi connectivity index (χ1) is 12.9. The highest BCUT2D eigenvalue weighted by Crippen LogP contribution is 2.47. The molecule has 0 spiro atoms. The quantitative estimate of drug-likeness (QED) is 0.689. The maximum atomic E-state index is 12.3. The number of benzene rings is 1. The summed E-state index contributed by atoms with van der Waals surface area (Å²) in [6, 6.07) is 11.0. The zero-order valence-electron chi connectivity index (χ0n) is 14.8. The smallest absolute Gasteiger partial charge is 0.231 e. The number of hydrogen-bond acceptors (Lipinski definition) is 5. The number of amides is 1. The van der Waals surface area contributed by atoms with E-state index in [9.17, 15) is 4.79 Å². The number of pyridine rings is 1. The molecule has 1 amide bonds. The number of halogens is 1. The van der Waals surface area contributed by atoms with Gasteiger partial charge in [0.15, 0.2) is 0 Å². The van der Waals surface area contributed by atoms with Crippen molar-refractivity contribution in [3.05, 3.63) is 58.9 Å². The number of rotatable bonds is 5. The molecule has 6 nitrogen and oxygen atoms in total. The molecule has 1 fully saturated rings. The molecule has 4 rings (SSSR count). The van der Waals surface area contributed by atoms with Crippen LogP contribution in [0.2, 0.25) is 5.02 Å². The van der Waals surface area contributed by atoms with Gasteiger partial charge in [0.1, 0.15) is 5.82 Å². The minimum atomic E-state index is -0.154. The summed E-state index contributed by atoms with van der Waals surface area (Å²) >= 11 is 6.22. The summed E-state index contributed by atoms with van der Waals surface area (Å²) in [6.45, 7) is 2.14. The largest absolute Gasteiger partial charge is 0.384 e. The SMILES string of the molecule is CC1(c2cc(NC(=O)Cc3ccc(-c4cnc(N)cc4Cl)cc3)on2)CC1. The second-order valence-corrected chi connectivity index (χ2v) is 7.56. The lowest BCUT2D eigenvalue weighted by Crippen LogP contribution is -2.13. The molecule has 0 radical (unpaired) electrons. The van der Waals surface area contributed by atoms with Crippen molar-refractivity contribution in [3.8, 4) is 11.1 Å². The van der Waals surface area contributed by atoms with Crippen LogP contribution in [0.5, 0.6) is 0 Å². The Morgan fingerprint density at radius 3 is 2.70 bits per heavy atom. The van der Waals surface area contributed by atoms with Gasteiger partial charge in [0.25, 0.3) is 0 Å². The molecule has 2 aromatic heterocycles. The Balaban J connectivity index is 1.40. The number of nitrogen functional groups attached to an aromatic ring is 1. The third kappa shape index (κ3) is 3.80. The van der Waals surface area contributed by atoms with Crippen LogP contribution in [0.1, 0.15) is 31.0 Å². The molecule has 0 saturated heterocycles. The van der Waals surface area contributed by atoms with Crippen molar-refractivity contribution in [3.63, 3.8) is 0 Å². The Labute approximate surface area is 161 Å². The molecule has 1 aliphatic carbocycles. The Bertz CT molecular complexity index is 993. The van der Waals surface area contributed by atoms with E-state index in [4.69, 9.17) is 21.9 Å². The molecule has 3 N–H and O–H groups in total. The summed E-state index contributed by atoms with van der Waals surface area (Å²) in [4.78, 5) is 16.3. The van der Waals surface area contributed by atoms with E-state index < -0.39 is 0 Å². The van der Waals surface area contributed by atoms with Crippen molar-refractivity contribution in [2.45, 2.75) is 31.6 Å². The van der Waals surface area contributed by atoms with Gasteiger partial charge in [-0.2, -0.15) is 0 Å². The lowest BCUT2D eigenvalue weighted by molar-refractivity contribution is -0.115. The standard InChI is InChI=1S/C20H19ClN4O2/c1-20(6-7-20)16-10-19(27-25-16)24-18(26)8-12-2-4-13(5-3-12)14-11-23-17(22)9-15(14)21/h2-5,9-11H,6-8H2,1H3,(H2,22,23)(H,24,26). The summed E-state index contributed by atoms with van der Waals surface area (Å²) < 4.78 is 5.23.